The second kappa shape index (κ2) is 9.72. The lowest BCUT2D eigenvalue weighted by Gasteiger charge is -2.14. The first-order chi connectivity index (χ1) is 16.2. The van der Waals surface area contributed by atoms with E-state index in [4.69, 9.17) is 0 Å². The topological polar surface area (TPSA) is 148 Å². The van der Waals surface area contributed by atoms with Gasteiger partial charge in [-0.25, -0.2) is 13.1 Å². The summed E-state index contributed by atoms with van der Waals surface area (Å²) in [5.41, 5.74) is 1.29. The Bertz CT molecular complexity index is 1380. The van der Waals surface area contributed by atoms with Crippen molar-refractivity contribution in [3.8, 4) is 0 Å². The highest BCUT2D eigenvalue weighted by molar-refractivity contribution is 7.92. The molecule has 0 radical (unpaired) electrons. The fourth-order valence-corrected chi connectivity index (χ4v) is 5.19. The van der Waals surface area contributed by atoms with Crippen LogP contribution in [0.1, 0.15) is 24.8 Å². The number of sulfone groups is 1. The first-order valence-electron chi connectivity index (χ1n) is 10.9. The third-order valence-electron chi connectivity index (χ3n) is 5.79. The van der Waals surface area contributed by atoms with E-state index in [0.717, 1.165) is 17.5 Å². The molecule has 1 heterocycles. The molecule has 1 fully saturated rings. The molecule has 0 spiro atoms. The van der Waals surface area contributed by atoms with Crippen LogP contribution in [0.5, 0.6) is 0 Å². The molecule has 0 aliphatic heterocycles. The number of rotatable bonds is 10. The number of hydrogen-bond acceptors (Lipinski definition) is 7. The molecule has 4 rings (SSSR count). The van der Waals surface area contributed by atoms with Gasteiger partial charge in [-0.3, -0.25) is 14.4 Å². The summed E-state index contributed by atoms with van der Waals surface area (Å²) in [5, 5.41) is 18.7. The van der Waals surface area contributed by atoms with Crippen molar-refractivity contribution in [3.63, 3.8) is 0 Å². The van der Waals surface area contributed by atoms with E-state index in [1.165, 1.54) is 0 Å². The smallest absolute Gasteiger partial charge is 0.321 e. The van der Waals surface area contributed by atoms with Crippen LogP contribution in [0.25, 0.3) is 10.9 Å². The number of aromatic nitrogens is 3. The summed E-state index contributed by atoms with van der Waals surface area (Å²) in [7, 11) is -4.01. The van der Waals surface area contributed by atoms with Gasteiger partial charge in [0.2, 0.25) is 5.91 Å². The van der Waals surface area contributed by atoms with Crippen LogP contribution in [0.4, 0.5) is 5.69 Å². The van der Waals surface area contributed by atoms with Crippen molar-refractivity contribution >= 4 is 38.3 Å². The third-order valence-corrected chi connectivity index (χ3v) is 7.86. The first-order valence-corrected chi connectivity index (χ1v) is 12.6. The van der Waals surface area contributed by atoms with E-state index in [2.05, 4.69) is 15.6 Å². The molecule has 178 valence electrons. The van der Waals surface area contributed by atoms with Crippen LogP contribution in [0.3, 0.4) is 0 Å². The summed E-state index contributed by atoms with van der Waals surface area (Å²) in [5.74, 6) is -1.78. The molecule has 10 nitrogen and oxygen atoms in total. The maximum Gasteiger partial charge on any atom is 0.321 e. The monoisotopic (exact) mass is 484 g/mol. The minimum Gasteiger partial charge on any atom is -0.480 e. The number of aliphatic carboxylic acids is 1. The molecular weight excluding hydrogens is 460 g/mol. The molecule has 3 aromatic rings. The van der Waals surface area contributed by atoms with Gasteiger partial charge in [-0.05, 0) is 55.5 Å². The molecular formula is C23H24N4O6S. The highest BCUT2D eigenvalue weighted by Crippen LogP contribution is 2.30. The number of amides is 1. The van der Waals surface area contributed by atoms with E-state index in [0.29, 0.717) is 22.2 Å². The van der Waals surface area contributed by atoms with E-state index in [1.807, 2.05) is 0 Å². The fraction of sp³-hybridized carbons (Fsp3) is 0.348. The molecule has 1 aliphatic carbocycles. The summed E-state index contributed by atoms with van der Waals surface area (Å²) in [4.78, 5) is 36.1. The third kappa shape index (κ3) is 5.48. The van der Waals surface area contributed by atoms with Gasteiger partial charge in [-0.2, -0.15) is 0 Å². The minimum atomic E-state index is -4.01. The molecule has 1 aliphatic rings. The summed E-state index contributed by atoms with van der Waals surface area (Å²) >= 11 is 0. The zero-order valence-electron chi connectivity index (χ0n) is 18.3. The molecule has 1 saturated carbocycles. The van der Waals surface area contributed by atoms with Crippen molar-refractivity contribution < 1.29 is 23.1 Å². The predicted molar refractivity (Wildman–Crippen MR) is 125 cm³/mol. The Morgan fingerprint density at radius 3 is 2.50 bits per heavy atom. The molecule has 2 N–H and O–H groups in total. The first kappa shape index (κ1) is 23.6. The van der Waals surface area contributed by atoms with E-state index < -0.39 is 26.6 Å². The Balaban J connectivity index is 1.39. The SMILES string of the molecule is O=C(Nc1ccc(CCS(=O)(=O)C(CCn2nnc3ccccc3c2=O)C(=O)O)cc1)C1CC1. The molecule has 11 heteroatoms. The van der Waals surface area contributed by atoms with Crippen LogP contribution >= 0.6 is 0 Å². The van der Waals surface area contributed by atoms with Crippen molar-refractivity contribution in [2.45, 2.75) is 37.5 Å². The minimum absolute atomic E-state index is 0.0187. The molecule has 1 atom stereocenters. The summed E-state index contributed by atoms with van der Waals surface area (Å²) < 4.78 is 26.6. The van der Waals surface area contributed by atoms with Crippen LogP contribution in [0.15, 0.2) is 53.3 Å². The molecule has 1 amide bonds. The Hall–Kier alpha value is -3.60. The molecule has 1 unspecified atom stereocenters. The number of carbonyl (C=O) groups excluding carboxylic acids is 1. The van der Waals surface area contributed by atoms with Crippen molar-refractivity contribution in [1.29, 1.82) is 0 Å². The standard InChI is InChI=1S/C23H24N4O6S/c28-21(16-7-8-16)24-17-9-5-15(6-10-17)12-14-34(32,33)20(23(30)31)11-13-27-22(29)18-3-1-2-4-19(18)25-26-27/h1-6,9-10,16,20H,7-8,11-14H2,(H,24,28)(H,30,31). The van der Waals surface area contributed by atoms with Crippen LogP contribution in [-0.2, 0) is 32.4 Å². The van der Waals surface area contributed by atoms with Gasteiger partial charge in [-0.15, -0.1) is 5.10 Å². The van der Waals surface area contributed by atoms with Crippen molar-refractivity contribution in [2.75, 3.05) is 11.1 Å². The Labute approximate surface area is 195 Å². The zero-order valence-corrected chi connectivity index (χ0v) is 19.1. The molecule has 1 aromatic heterocycles. The number of nitrogens with zero attached hydrogens (tertiary/aromatic N) is 3. The summed E-state index contributed by atoms with van der Waals surface area (Å²) in [6, 6.07) is 13.4. The van der Waals surface area contributed by atoms with Gasteiger partial charge in [0.1, 0.15) is 5.52 Å². The number of carbonyl (C=O) groups is 2. The Kier molecular flexibility index (Phi) is 6.73. The molecule has 0 bridgehead atoms. The number of benzene rings is 2. The van der Waals surface area contributed by atoms with Gasteiger partial charge in [-0.1, -0.05) is 29.5 Å². The number of carboxylic acid groups (broad SMARTS) is 1. The molecule has 34 heavy (non-hydrogen) atoms. The van der Waals surface area contributed by atoms with Gasteiger partial charge in [0.15, 0.2) is 15.1 Å². The van der Waals surface area contributed by atoms with Crippen molar-refractivity contribution in [1.82, 2.24) is 15.0 Å². The summed E-state index contributed by atoms with van der Waals surface area (Å²) in [6.07, 6.45) is 1.61. The summed E-state index contributed by atoms with van der Waals surface area (Å²) in [6.45, 7) is -0.192. The van der Waals surface area contributed by atoms with Crippen LogP contribution < -0.4 is 10.9 Å². The lowest BCUT2D eigenvalue weighted by molar-refractivity contribution is -0.136. The van der Waals surface area contributed by atoms with Crippen LogP contribution in [0, 0.1) is 5.92 Å². The Morgan fingerprint density at radius 2 is 1.82 bits per heavy atom. The Morgan fingerprint density at radius 1 is 1.12 bits per heavy atom. The molecule has 0 saturated heterocycles. The van der Waals surface area contributed by atoms with Crippen LogP contribution in [0.2, 0.25) is 0 Å². The molecule has 2 aromatic carbocycles. The van der Waals surface area contributed by atoms with Gasteiger partial charge < -0.3 is 10.4 Å². The fourth-order valence-electron chi connectivity index (χ4n) is 3.61. The lowest BCUT2D eigenvalue weighted by Crippen LogP contribution is -2.35. The van der Waals surface area contributed by atoms with Gasteiger partial charge in [0, 0.05) is 18.2 Å². The number of anilines is 1. The maximum atomic E-state index is 12.8. The van der Waals surface area contributed by atoms with E-state index >= 15 is 0 Å². The number of nitrogens with one attached hydrogen (secondary N) is 1. The average Bonchev–Trinajstić information content (AvgIpc) is 3.66. The van der Waals surface area contributed by atoms with Gasteiger partial charge in [0.05, 0.1) is 11.1 Å². The van der Waals surface area contributed by atoms with E-state index in [1.54, 1.807) is 48.5 Å². The van der Waals surface area contributed by atoms with Gasteiger partial charge in [0.25, 0.3) is 5.56 Å². The highest BCUT2D eigenvalue weighted by atomic mass is 32.2. The zero-order chi connectivity index (χ0) is 24.3. The normalized spacial score (nSPS) is 14.6. The highest BCUT2D eigenvalue weighted by Gasteiger charge is 2.32. The second-order valence-electron chi connectivity index (χ2n) is 8.33. The van der Waals surface area contributed by atoms with E-state index in [-0.39, 0.29) is 37.0 Å². The number of fused-ring (bicyclic) bond motifs is 1. The largest absolute Gasteiger partial charge is 0.480 e. The number of hydrogen-bond donors (Lipinski definition) is 2. The predicted octanol–water partition coefficient (Wildman–Crippen LogP) is 1.64. The van der Waals surface area contributed by atoms with Crippen molar-refractivity contribution in [2.24, 2.45) is 5.92 Å². The lowest BCUT2D eigenvalue weighted by atomic mass is 10.1. The maximum absolute atomic E-state index is 12.8. The van der Waals surface area contributed by atoms with Crippen molar-refractivity contribution in [3.05, 3.63) is 64.4 Å². The number of aryl methyl sites for hydroxylation is 2. The van der Waals surface area contributed by atoms with E-state index in [9.17, 15) is 27.9 Å². The van der Waals surface area contributed by atoms with Crippen LogP contribution in [-0.4, -0.2) is 51.4 Å². The van der Waals surface area contributed by atoms with Gasteiger partial charge >= 0.3 is 5.97 Å². The second-order valence-corrected chi connectivity index (χ2v) is 10.6. The quantitative estimate of drug-likeness (QED) is 0.441. The average molecular weight is 485 g/mol. The number of carboxylic acids is 1.